The smallest absolute Gasteiger partial charge is 0.251 e. The highest BCUT2D eigenvalue weighted by Gasteiger charge is 2.10. The maximum absolute atomic E-state index is 12.1. The van der Waals surface area contributed by atoms with E-state index in [4.69, 9.17) is 18.0 Å². The van der Waals surface area contributed by atoms with E-state index < -0.39 is 0 Å². The molecule has 0 saturated carbocycles. The summed E-state index contributed by atoms with van der Waals surface area (Å²) in [4.78, 5) is 23.1. The van der Waals surface area contributed by atoms with Crippen LogP contribution in [0.4, 0.5) is 0 Å². The van der Waals surface area contributed by atoms with E-state index in [0.29, 0.717) is 36.5 Å². The van der Waals surface area contributed by atoms with Gasteiger partial charge in [0.25, 0.3) is 5.91 Å². The van der Waals surface area contributed by atoms with Crippen LogP contribution in [0.25, 0.3) is 0 Å². The van der Waals surface area contributed by atoms with Crippen molar-refractivity contribution in [1.82, 2.24) is 10.6 Å². The molecule has 0 unspecified atom stereocenters. The summed E-state index contributed by atoms with van der Waals surface area (Å²) in [6.07, 6.45) is 1.09. The molecular weight excluding hydrogens is 274 g/mol. The SMILES string of the molecule is CC(=O)NCCCNC(=O)c1ccccc1CC(N)=S. The average molecular weight is 293 g/mol. The van der Waals surface area contributed by atoms with Gasteiger partial charge in [-0.1, -0.05) is 30.4 Å². The van der Waals surface area contributed by atoms with E-state index in [1.807, 2.05) is 12.1 Å². The van der Waals surface area contributed by atoms with Crippen LogP contribution in [0.1, 0.15) is 29.3 Å². The fraction of sp³-hybridized carbons (Fsp3) is 0.357. The lowest BCUT2D eigenvalue weighted by atomic mass is 10.0. The third-order valence-corrected chi connectivity index (χ3v) is 2.78. The van der Waals surface area contributed by atoms with Crippen molar-refractivity contribution in [3.63, 3.8) is 0 Å². The third-order valence-electron chi connectivity index (χ3n) is 2.64. The van der Waals surface area contributed by atoms with Crippen LogP contribution in [0.2, 0.25) is 0 Å². The first kappa shape index (κ1) is 16.1. The van der Waals surface area contributed by atoms with Crippen molar-refractivity contribution < 1.29 is 9.59 Å². The second-order valence-electron chi connectivity index (χ2n) is 4.39. The minimum atomic E-state index is -0.153. The Morgan fingerprint density at radius 3 is 2.50 bits per heavy atom. The molecule has 0 spiro atoms. The van der Waals surface area contributed by atoms with Crippen LogP contribution in [0.5, 0.6) is 0 Å². The van der Waals surface area contributed by atoms with E-state index in [9.17, 15) is 9.59 Å². The van der Waals surface area contributed by atoms with Gasteiger partial charge in [-0.15, -0.1) is 0 Å². The number of carbonyl (C=O) groups excluding carboxylic acids is 2. The van der Waals surface area contributed by atoms with Gasteiger partial charge in [0.05, 0.1) is 4.99 Å². The lowest BCUT2D eigenvalue weighted by molar-refractivity contribution is -0.118. The molecule has 0 atom stereocenters. The Morgan fingerprint density at radius 2 is 1.85 bits per heavy atom. The van der Waals surface area contributed by atoms with Crippen LogP contribution in [0.3, 0.4) is 0 Å². The fourth-order valence-corrected chi connectivity index (χ4v) is 1.89. The van der Waals surface area contributed by atoms with Crippen molar-refractivity contribution in [2.24, 2.45) is 5.73 Å². The van der Waals surface area contributed by atoms with E-state index >= 15 is 0 Å². The molecule has 0 saturated heterocycles. The molecule has 0 bridgehead atoms. The van der Waals surface area contributed by atoms with Crippen LogP contribution in [0, 0.1) is 0 Å². The molecule has 0 aliphatic rings. The van der Waals surface area contributed by atoms with Gasteiger partial charge < -0.3 is 16.4 Å². The Labute approximate surface area is 123 Å². The third kappa shape index (κ3) is 5.79. The molecule has 0 heterocycles. The topological polar surface area (TPSA) is 84.2 Å². The van der Waals surface area contributed by atoms with E-state index in [-0.39, 0.29) is 11.8 Å². The van der Waals surface area contributed by atoms with Crippen LogP contribution in [-0.4, -0.2) is 29.9 Å². The average Bonchev–Trinajstić information content (AvgIpc) is 2.37. The number of carbonyl (C=O) groups is 2. The first-order valence-corrected chi connectivity index (χ1v) is 6.80. The molecule has 1 rings (SSSR count). The highest BCUT2D eigenvalue weighted by Crippen LogP contribution is 2.09. The quantitative estimate of drug-likeness (QED) is 0.512. The number of benzene rings is 1. The van der Waals surface area contributed by atoms with Crippen LogP contribution < -0.4 is 16.4 Å². The minimum Gasteiger partial charge on any atom is -0.393 e. The zero-order valence-electron chi connectivity index (χ0n) is 11.4. The zero-order valence-corrected chi connectivity index (χ0v) is 12.3. The largest absolute Gasteiger partial charge is 0.393 e. The van der Waals surface area contributed by atoms with Gasteiger partial charge in [-0.05, 0) is 18.1 Å². The summed E-state index contributed by atoms with van der Waals surface area (Å²) in [6, 6.07) is 7.23. The number of nitrogens with one attached hydrogen (secondary N) is 2. The van der Waals surface area contributed by atoms with Crippen molar-refractivity contribution in [3.05, 3.63) is 35.4 Å². The first-order valence-electron chi connectivity index (χ1n) is 6.39. The molecule has 0 fully saturated rings. The predicted molar refractivity (Wildman–Crippen MR) is 82.6 cm³/mol. The summed E-state index contributed by atoms with van der Waals surface area (Å²) in [5.41, 5.74) is 6.92. The summed E-state index contributed by atoms with van der Waals surface area (Å²) in [6.45, 7) is 2.51. The van der Waals surface area contributed by atoms with Crippen molar-refractivity contribution in [2.45, 2.75) is 19.8 Å². The molecule has 108 valence electrons. The van der Waals surface area contributed by atoms with Crippen LogP contribution >= 0.6 is 12.2 Å². The van der Waals surface area contributed by atoms with Gasteiger partial charge in [0, 0.05) is 32.0 Å². The van der Waals surface area contributed by atoms with Crippen LogP contribution in [-0.2, 0) is 11.2 Å². The van der Waals surface area contributed by atoms with Crippen molar-refractivity contribution in [3.8, 4) is 0 Å². The number of hydrogen-bond acceptors (Lipinski definition) is 3. The fourth-order valence-electron chi connectivity index (χ4n) is 1.73. The maximum Gasteiger partial charge on any atom is 0.251 e. The molecular formula is C14H19N3O2S. The highest BCUT2D eigenvalue weighted by atomic mass is 32.1. The summed E-state index contributed by atoms with van der Waals surface area (Å²) >= 11 is 4.88. The van der Waals surface area contributed by atoms with E-state index in [0.717, 1.165) is 5.56 Å². The monoisotopic (exact) mass is 293 g/mol. The van der Waals surface area contributed by atoms with Gasteiger partial charge >= 0.3 is 0 Å². The Hall–Kier alpha value is -1.95. The summed E-state index contributed by atoms with van der Waals surface area (Å²) in [5, 5.41) is 5.48. The van der Waals surface area contributed by atoms with Gasteiger partial charge in [-0.25, -0.2) is 0 Å². The number of nitrogens with two attached hydrogens (primary N) is 1. The molecule has 0 aromatic heterocycles. The molecule has 5 nitrogen and oxygen atoms in total. The minimum absolute atomic E-state index is 0.0712. The van der Waals surface area contributed by atoms with Gasteiger partial charge in [-0.3, -0.25) is 9.59 Å². The molecule has 1 aromatic carbocycles. The summed E-state index contributed by atoms with van der Waals surface area (Å²) < 4.78 is 0. The Bertz CT molecular complexity index is 503. The normalized spacial score (nSPS) is 9.85. The number of thiocarbonyl (C=S) groups is 1. The maximum atomic E-state index is 12.1. The van der Waals surface area contributed by atoms with E-state index in [1.165, 1.54) is 6.92 Å². The van der Waals surface area contributed by atoms with E-state index in [1.54, 1.807) is 12.1 Å². The van der Waals surface area contributed by atoms with E-state index in [2.05, 4.69) is 10.6 Å². The standard InChI is InChI=1S/C14H19N3O2S/c1-10(18)16-7-4-8-17-14(19)12-6-3-2-5-11(12)9-13(15)20/h2-3,5-6H,4,7-9H2,1H3,(H2,15,20)(H,16,18)(H,17,19). The molecule has 2 amide bonds. The van der Waals surface area contributed by atoms with Gasteiger partial charge in [0.15, 0.2) is 0 Å². The number of rotatable bonds is 7. The second kappa shape index (κ2) is 8.27. The van der Waals surface area contributed by atoms with Crippen molar-refractivity contribution >= 4 is 29.0 Å². The summed E-state index contributed by atoms with van der Waals surface area (Å²) in [7, 11) is 0. The van der Waals surface area contributed by atoms with Gasteiger partial charge in [-0.2, -0.15) is 0 Å². The molecule has 0 radical (unpaired) electrons. The molecule has 0 aliphatic heterocycles. The molecule has 0 aliphatic carbocycles. The summed E-state index contributed by atoms with van der Waals surface area (Å²) in [5.74, 6) is -0.224. The lowest BCUT2D eigenvalue weighted by Gasteiger charge is -2.09. The number of amides is 2. The van der Waals surface area contributed by atoms with Gasteiger partial charge in [0.1, 0.15) is 0 Å². The second-order valence-corrected chi connectivity index (χ2v) is 4.92. The van der Waals surface area contributed by atoms with Crippen molar-refractivity contribution in [2.75, 3.05) is 13.1 Å². The predicted octanol–water partition coefficient (Wildman–Crippen LogP) is 0.771. The zero-order chi connectivity index (χ0) is 15.0. The molecule has 4 N–H and O–H groups in total. The Kier molecular flexibility index (Phi) is 6.66. The first-order chi connectivity index (χ1) is 9.50. The Balaban J connectivity index is 2.50. The van der Waals surface area contributed by atoms with Crippen molar-refractivity contribution in [1.29, 1.82) is 0 Å². The highest BCUT2D eigenvalue weighted by molar-refractivity contribution is 7.80. The number of hydrogen-bond donors (Lipinski definition) is 3. The van der Waals surface area contributed by atoms with Gasteiger partial charge in [0.2, 0.25) is 5.91 Å². The van der Waals surface area contributed by atoms with Crippen LogP contribution in [0.15, 0.2) is 24.3 Å². The molecule has 1 aromatic rings. The Morgan fingerprint density at radius 1 is 1.20 bits per heavy atom. The molecule has 20 heavy (non-hydrogen) atoms. The lowest BCUT2D eigenvalue weighted by Crippen LogP contribution is -2.29. The molecule has 6 heteroatoms.